The SMILES string of the molecule is Cc1ccc(NC(=O)COC(=O)c2c3ccccc3cc3ccccc23)cc1. The number of anilines is 1. The zero-order chi connectivity index (χ0) is 19.5. The molecular weight excluding hydrogens is 350 g/mol. The molecule has 4 aromatic rings. The Bertz CT molecular complexity index is 1130. The molecule has 0 heterocycles. The molecule has 4 nitrogen and oxygen atoms in total. The Kier molecular flexibility index (Phi) is 4.77. The molecule has 0 aliphatic carbocycles. The number of fused-ring (bicyclic) bond motifs is 2. The fraction of sp³-hybridized carbons (Fsp3) is 0.0833. The summed E-state index contributed by atoms with van der Waals surface area (Å²) < 4.78 is 5.35. The van der Waals surface area contributed by atoms with Gasteiger partial charge in [0.2, 0.25) is 0 Å². The molecule has 0 aromatic heterocycles. The molecule has 0 unspecified atom stereocenters. The summed E-state index contributed by atoms with van der Waals surface area (Å²) in [6, 6.07) is 24.8. The zero-order valence-corrected chi connectivity index (χ0v) is 15.4. The van der Waals surface area contributed by atoms with Gasteiger partial charge in [-0.1, -0.05) is 66.2 Å². The lowest BCUT2D eigenvalue weighted by atomic mass is 9.97. The number of carbonyl (C=O) groups is 2. The zero-order valence-electron chi connectivity index (χ0n) is 15.4. The lowest BCUT2D eigenvalue weighted by Crippen LogP contribution is -2.21. The molecule has 0 aliphatic rings. The van der Waals surface area contributed by atoms with Crippen molar-refractivity contribution in [3.05, 3.63) is 90.0 Å². The highest BCUT2D eigenvalue weighted by Crippen LogP contribution is 2.29. The Morgan fingerprint density at radius 1 is 0.821 bits per heavy atom. The second-order valence-electron chi connectivity index (χ2n) is 6.68. The van der Waals surface area contributed by atoms with Crippen molar-refractivity contribution in [3.8, 4) is 0 Å². The number of esters is 1. The highest BCUT2D eigenvalue weighted by atomic mass is 16.5. The van der Waals surface area contributed by atoms with Crippen LogP contribution in [0.4, 0.5) is 5.69 Å². The fourth-order valence-corrected chi connectivity index (χ4v) is 3.27. The first-order chi connectivity index (χ1) is 13.6. The maximum Gasteiger partial charge on any atom is 0.339 e. The molecule has 0 saturated carbocycles. The maximum atomic E-state index is 12.9. The molecule has 4 aromatic carbocycles. The van der Waals surface area contributed by atoms with Gasteiger partial charge in [0, 0.05) is 5.69 Å². The number of amides is 1. The number of benzene rings is 4. The molecule has 1 N–H and O–H groups in total. The lowest BCUT2D eigenvalue weighted by molar-refractivity contribution is -0.119. The van der Waals surface area contributed by atoms with E-state index in [-0.39, 0.29) is 12.5 Å². The molecule has 0 bridgehead atoms. The smallest absolute Gasteiger partial charge is 0.339 e. The number of nitrogens with one attached hydrogen (secondary N) is 1. The predicted octanol–water partition coefficient (Wildman–Crippen LogP) is 5.10. The van der Waals surface area contributed by atoms with Crippen LogP contribution in [-0.4, -0.2) is 18.5 Å². The van der Waals surface area contributed by atoms with Crippen LogP contribution in [0, 0.1) is 6.92 Å². The van der Waals surface area contributed by atoms with Crippen LogP contribution < -0.4 is 5.32 Å². The van der Waals surface area contributed by atoms with Gasteiger partial charge in [0.05, 0.1) is 5.56 Å². The highest BCUT2D eigenvalue weighted by molar-refractivity contribution is 6.16. The quantitative estimate of drug-likeness (QED) is 0.402. The van der Waals surface area contributed by atoms with Crippen molar-refractivity contribution in [2.45, 2.75) is 6.92 Å². The number of hydrogen-bond donors (Lipinski definition) is 1. The molecule has 0 spiro atoms. The third-order valence-electron chi connectivity index (χ3n) is 4.65. The summed E-state index contributed by atoms with van der Waals surface area (Å²) in [5, 5.41) is 6.27. The largest absolute Gasteiger partial charge is 0.452 e. The van der Waals surface area contributed by atoms with Crippen LogP contribution in [0.2, 0.25) is 0 Å². The maximum absolute atomic E-state index is 12.9. The van der Waals surface area contributed by atoms with Gasteiger partial charge < -0.3 is 10.1 Å². The Hall–Kier alpha value is -3.66. The monoisotopic (exact) mass is 369 g/mol. The third kappa shape index (κ3) is 3.58. The third-order valence-corrected chi connectivity index (χ3v) is 4.65. The second-order valence-corrected chi connectivity index (χ2v) is 6.68. The van der Waals surface area contributed by atoms with Gasteiger partial charge in [-0.2, -0.15) is 0 Å². The molecule has 28 heavy (non-hydrogen) atoms. The number of hydrogen-bond acceptors (Lipinski definition) is 3. The lowest BCUT2D eigenvalue weighted by Gasteiger charge is -2.11. The molecule has 1 amide bonds. The average molecular weight is 369 g/mol. The van der Waals surface area contributed by atoms with Gasteiger partial charge >= 0.3 is 5.97 Å². The van der Waals surface area contributed by atoms with E-state index in [1.54, 1.807) is 0 Å². The minimum absolute atomic E-state index is 0.343. The molecule has 0 fully saturated rings. The topological polar surface area (TPSA) is 55.4 Å². The van der Waals surface area contributed by atoms with Crippen molar-refractivity contribution in [1.29, 1.82) is 0 Å². The van der Waals surface area contributed by atoms with Crippen LogP contribution in [0.15, 0.2) is 78.9 Å². The highest BCUT2D eigenvalue weighted by Gasteiger charge is 2.17. The number of ether oxygens (including phenoxy) is 1. The first-order valence-corrected chi connectivity index (χ1v) is 9.06. The molecule has 138 valence electrons. The van der Waals surface area contributed by atoms with E-state index >= 15 is 0 Å². The van der Waals surface area contributed by atoms with Crippen molar-refractivity contribution in [2.75, 3.05) is 11.9 Å². The van der Waals surface area contributed by atoms with Gasteiger partial charge in [-0.25, -0.2) is 4.79 Å². The summed E-state index contributed by atoms with van der Waals surface area (Å²) in [5.41, 5.74) is 2.26. The van der Waals surface area contributed by atoms with Crippen molar-refractivity contribution in [3.63, 3.8) is 0 Å². The van der Waals surface area contributed by atoms with Gasteiger partial charge in [0.25, 0.3) is 5.91 Å². The van der Waals surface area contributed by atoms with E-state index in [2.05, 4.69) is 5.32 Å². The van der Waals surface area contributed by atoms with Gasteiger partial charge in [-0.15, -0.1) is 0 Å². The molecule has 4 rings (SSSR count). The van der Waals surface area contributed by atoms with Crippen molar-refractivity contribution in [2.24, 2.45) is 0 Å². The molecule has 0 aliphatic heterocycles. The summed E-state index contributed by atoms with van der Waals surface area (Å²) in [6.07, 6.45) is 0. The Labute approximate surface area is 162 Å². The van der Waals surface area contributed by atoms with E-state index in [0.717, 1.165) is 27.1 Å². The summed E-state index contributed by atoms with van der Waals surface area (Å²) in [7, 11) is 0. The Morgan fingerprint density at radius 2 is 1.39 bits per heavy atom. The van der Waals surface area contributed by atoms with Crippen LogP contribution in [-0.2, 0) is 9.53 Å². The van der Waals surface area contributed by atoms with E-state index in [1.807, 2.05) is 85.8 Å². The van der Waals surface area contributed by atoms with E-state index in [1.165, 1.54) is 0 Å². The molecular formula is C24H19NO3. The average Bonchev–Trinajstić information content (AvgIpc) is 2.72. The summed E-state index contributed by atoms with van der Waals surface area (Å²) in [5.74, 6) is -0.881. The summed E-state index contributed by atoms with van der Waals surface area (Å²) >= 11 is 0. The number of rotatable bonds is 4. The summed E-state index contributed by atoms with van der Waals surface area (Å²) in [6.45, 7) is 1.63. The van der Waals surface area contributed by atoms with Gasteiger partial charge in [-0.05, 0) is 46.7 Å². The van der Waals surface area contributed by atoms with Crippen LogP contribution >= 0.6 is 0 Å². The second kappa shape index (κ2) is 7.53. The fourth-order valence-electron chi connectivity index (χ4n) is 3.27. The minimum Gasteiger partial charge on any atom is -0.452 e. The number of aryl methyl sites for hydroxylation is 1. The molecule has 0 saturated heterocycles. The molecule has 0 atom stereocenters. The van der Waals surface area contributed by atoms with Crippen LogP contribution in [0.1, 0.15) is 15.9 Å². The van der Waals surface area contributed by atoms with Gasteiger partial charge in [0.15, 0.2) is 6.61 Å². The van der Waals surface area contributed by atoms with Crippen molar-refractivity contribution < 1.29 is 14.3 Å². The Balaban J connectivity index is 1.58. The summed E-state index contributed by atoms with van der Waals surface area (Å²) in [4.78, 5) is 25.0. The van der Waals surface area contributed by atoms with Crippen molar-refractivity contribution >= 4 is 39.1 Å². The van der Waals surface area contributed by atoms with Crippen LogP contribution in [0.25, 0.3) is 21.5 Å². The van der Waals surface area contributed by atoms with Crippen molar-refractivity contribution in [1.82, 2.24) is 0 Å². The van der Waals surface area contributed by atoms with E-state index in [9.17, 15) is 9.59 Å². The van der Waals surface area contributed by atoms with Gasteiger partial charge in [0.1, 0.15) is 0 Å². The first kappa shape index (κ1) is 17.7. The minimum atomic E-state index is -0.507. The first-order valence-electron chi connectivity index (χ1n) is 9.06. The van der Waals surface area contributed by atoms with Crippen LogP contribution in [0.5, 0.6) is 0 Å². The standard InChI is InChI=1S/C24H19NO3/c1-16-10-12-19(13-11-16)25-22(26)15-28-24(27)23-20-8-4-2-6-17(20)14-18-7-3-5-9-21(18)23/h2-14H,15H2,1H3,(H,25,26). The number of carbonyl (C=O) groups excluding carboxylic acids is 2. The van der Waals surface area contributed by atoms with Crippen LogP contribution in [0.3, 0.4) is 0 Å². The Morgan fingerprint density at radius 3 is 2.00 bits per heavy atom. The van der Waals surface area contributed by atoms with E-state index in [0.29, 0.717) is 11.3 Å². The normalized spacial score (nSPS) is 10.8. The molecule has 4 heteroatoms. The predicted molar refractivity (Wildman–Crippen MR) is 112 cm³/mol. The van der Waals surface area contributed by atoms with E-state index < -0.39 is 5.97 Å². The molecule has 0 radical (unpaired) electrons. The van der Waals surface area contributed by atoms with E-state index in [4.69, 9.17) is 4.74 Å². The van der Waals surface area contributed by atoms with Gasteiger partial charge in [-0.3, -0.25) is 4.79 Å².